The number of anilines is 1. The number of methoxy groups -OCH3 is 1. The maximum absolute atomic E-state index is 11.3. The molecule has 0 radical (unpaired) electrons. The molecule has 1 N–H and O–H groups in total. The minimum absolute atomic E-state index is 0.232. The predicted octanol–water partition coefficient (Wildman–Crippen LogP) is 1.52. The molecule has 0 fully saturated rings. The van der Waals surface area contributed by atoms with E-state index in [0.717, 1.165) is 17.7 Å². The highest BCUT2D eigenvalue weighted by Crippen LogP contribution is 2.30. The van der Waals surface area contributed by atoms with Gasteiger partial charge in [0.1, 0.15) is 5.75 Å². The van der Waals surface area contributed by atoms with E-state index in [2.05, 4.69) is 4.74 Å². The Bertz CT molecular complexity index is 376. The lowest BCUT2D eigenvalue weighted by Gasteiger charge is -2.14. The summed E-state index contributed by atoms with van der Waals surface area (Å²) >= 11 is 0. The maximum Gasteiger partial charge on any atom is 0.414 e. The number of hydrogen-bond donors (Lipinski definition) is 1. The van der Waals surface area contributed by atoms with Crippen LogP contribution in [0.25, 0.3) is 0 Å². The zero-order chi connectivity index (χ0) is 10.1. The molecule has 0 spiro atoms. The Kier molecular flexibility index (Phi) is 2.04. The van der Waals surface area contributed by atoms with Crippen molar-refractivity contribution < 1.29 is 14.6 Å². The van der Waals surface area contributed by atoms with E-state index in [-0.39, 0.29) is 11.8 Å². The van der Waals surface area contributed by atoms with Crippen LogP contribution in [-0.2, 0) is 11.2 Å². The second kappa shape index (κ2) is 3.21. The lowest BCUT2D eigenvalue weighted by molar-refractivity contribution is 0.179. The van der Waals surface area contributed by atoms with Crippen LogP contribution in [0, 0.1) is 0 Å². The normalized spacial score (nSPS) is 13.9. The third kappa shape index (κ3) is 1.28. The minimum Gasteiger partial charge on any atom is -0.508 e. The van der Waals surface area contributed by atoms with Crippen molar-refractivity contribution in [2.45, 2.75) is 6.42 Å². The van der Waals surface area contributed by atoms with Gasteiger partial charge in [0, 0.05) is 6.54 Å². The van der Waals surface area contributed by atoms with E-state index in [1.54, 1.807) is 23.1 Å². The molecular formula is C10H11NO3. The number of phenols is 1. The largest absolute Gasteiger partial charge is 0.508 e. The topological polar surface area (TPSA) is 49.8 Å². The number of amides is 1. The minimum atomic E-state index is -0.352. The quantitative estimate of drug-likeness (QED) is 0.679. The van der Waals surface area contributed by atoms with Gasteiger partial charge in [0.2, 0.25) is 0 Å². The molecule has 14 heavy (non-hydrogen) atoms. The molecule has 1 aliphatic rings. The van der Waals surface area contributed by atoms with Crippen LogP contribution in [0.5, 0.6) is 5.75 Å². The van der Waals surface area contributed by atoms with Crippen LogP contribution in [0.4, 0.5) is 10.5 Å². The molecule has 1 aromatic rings. The molecule has 2 rings (SSSR count). The number of fused-ring (bicyclic) bond motifs is 1. The van der Waals surface area contributed by atoms with Crippen molar-refractivity contribution in [3.8, 4) is 5.75 Å². The first kappa shape index (κ1) is 8.87. The summed E-state index contributed by atoms with van der Waals surface area (Å²) in [6.45, 7) is 0.617. The summed E-state index contributed by atoms with van der Waals surface area (Å²) in [4.78, 5) is 12.9. The molecule has 0 saturated heterocycles. The molecule has 4 heteroatoms. The molecule has 0 atom stereocenters. The molecule has 0 bridgehead atoms. The van der Waals surface area contributed by atoms with E-state index in [1.807, 2.05) is 0 Å². The van der Waals surface area contributed by atoms with Crippen molar-refractivity contribution in [2.24, 2.45) is 0 Å². The Hall–Kier alpha value is -1.71. The fourth-order valence-electron chi connectivity index (χ4n) is 1.69. The summed E-state index contributed by atoms with van der Waals surface area (Å²) in [5, 5.41) is 9.24. The lowest BCUT2D eigenvalue weighted by atomic mass is 10.1. The van der Waals surface area contributed by atoms with Crippen molar-refractivity contribution >= 4 is 11.8 Å². The molecule has 4 nitrogen and oxygen atoms in total. The number of aromatic hydroxyl groups is 1. The number of benzene rings is 1. The summed E-state index contributed by atoms with van der Waals surface area (Å²) in [5.41, 5.74) is 1.81. The van der Waals surface area contributed by atoms with Gasteiger partial charge >= 0.3 is 6.09 Å². The maximum atomic E-state index is 11.3. The van der Waals surface area contributed by atoms with Gasteiger partial charge in [0.05, 0.1) is 12.8 Å². The molecule has 74 valence electrons. The van der Waals surface area contributed by atoms with Gasteiger partial charge in [-0.15, -0.1) is 0 Å². The van der Waals surface area contributed by atoms with Gasteiger partial charge in [0.25, 0.3) is 0 Å². The number of carbonyl (C=O) groups excluding carboxylic acids is 1. The average Bonchev–Trinajstić information content (AvgIpc) is 2.59. The smallest absolute Gasteiger partial charge is 0.414 e. The number of rotatable bonds is 0. The van der Waals surface area contributed by atoms with E-state index in [9.17, 15) is 9.90 Å². The van der Waals surface area contributed by atoms with Crippen LogP contribution in [-0.4, -0.2) is 24.9 Å². The van der Waals surface area contributed by atoms with Crippen molar-refractivity contribution in [1.82, 2.24) is 0 Å². The Morgan fingerprint density at radius 2 is 2.36 bits per heavy atom. The Morgan fingerprint density at radius 1 is 1.57 bits per heavy atom. The molecule has 1 amide bonds. The van der Waals surface area contributed by atoms with Crippen LogP contribution in [0.1, 0.15) is 5.56 Å². The average molecular weight is 193 g/mol. The van der Waals surface area contributed by atoms with E-state index in [0.29, 0.717) is 6.54 Å². The van der Waals surface area contributed by atoms with E-state index in [4.69, 9.17) is 0 Å². The van der Waals surface area contributed by atoms with Gasteiger partial charge in [0.15, 0.2) is 0 Å². The predicted molar refractivity (Wildman–Crippen MR) is 51.6 cm³/mol. The number of ether oxygens (including phenoxy) is 1. The lowest BCUT2D eigenvalue weighted by Crippen LogP contribution is -2.28. The highest BCUT2D eigenvalue weighted by molar-refractivity contribution is 5.90. The summed E-state index contributed by atoms with van der Waals surface area (Å²) in [6.07, 6.45) is 0.410. The molecule has 0 unspecified atom stereocenters. The van der Waals surface area contributed by atoms with Crippen molar-refractivity contribution in [3.63, 3.8) is 0 Å². The Morgan fingerprint density at radius 3 is 3.07 bits per heavy atom. The molecule has 1 heterocycles. The molecular weight excluding hydrogens is 182 g/mol. The van der Waals surface area contributed by atoms with Crippen LogP contribution in [0.15, 0.2) is 18.2 Å². The first-order valence-corrected chi connectivity index (χ1v) is 4.40. The van der Waals surface area contributed by atoms with Gasteiger partial charge in [-0.25, -0.2) is 4.79 Å². The van der Waals surface area contributed by atoms with Gasteiger partial charge in [-0.05, 0) is 30.2 Å². The molecule has 0 aliphatic carbocycles. The Labute approximate surface area is 81.7 Å². The molecule has 1 aliphatic heterocycles. The van der Waals surface area contributed by atoms with E-state index in [1.165, 1.54) is 7.11 Å². The first-order chi connectivity index (χ1) is 6.72. The van der Waals surface area contributed by atoms with E-state index >= 15 is 0 Å². The van der Waals surface area contributed by atoms with Crippen LogP contribution >= 0.6 is 0 Å². The second-order valence-electron chi connectivity index (χ2n) is 3.18. The fraction of sp³-hybridized carbons (Fsp3) is 0.300. The number of nitrogens with zero attached hydrogens (tertiary/aromatic N) is 1. The van der Waals surface area contributed by atoms with E-state index < -0.39 is 0 Å². The number of hydrogen-bond acceptors (Lipinski definition) is 3. The standard InChI is InChI=1S/C10H11NO3/c1-14-10(13)11-5-4-7-6-8(12)2-3-9(7)11/h2-3,6,12H,4-5H2,1H3. The highest BCUT2D eigenvalue weighted by atomic mass is 16.5. The van der Waals surface area contributed by atoms with Gasteiger partial charge in [-0.2, -0.15) is 0 Å². The van der Waals surface area contributed by atoms with Crippen LogP contribution in [0.2, 0.25) is 0 Å². The van der Waals surface area contributed by atoms with Crippen molar-refractivity contribution in [1.29, 1.82) is 0 Å². The third-order valence-corrected chi connectivity index (χ3v) is 2.35. The monoisotopic (exact) mass is 193 g/mol. The molecule has 1 aromatic carbocycles. The fourth-order valence-corrected chi connectivity index (χ4v) is 1.69. The first-order valence-electron chi connectivity index (χ1n) is 4.40. The summed E-state index contributed by atoms with van der Waals surface area (Å²) in [7, 11) is 1.36. The zero-order valence-corrected chi connectivity index (χ0v) is 7.86. The van der Waals surface area contributed by atoms with Crippen molar-refractivity contribution in [2.75, 3.05) is 18.6 Å². The van der Waals surface area contributed by atoms with Gasteiger partial charge in [-0.1, -0.05) is 0 Å². The second-order valence-corrected chi connectivity index (χ2v) is 3.18. The summed E-state index contributed by atoms with van der Waals surface area (Å²) in [6, 6.07) is 4.98. The summed E-state index contributed by atoms with van der Waals surface area (Å²) < 4.78 is 4.65. The van der Waals surface area contributed by atoms with Crippen molar-refractivity contribution in [3.05, 3.63) is 23.8 Å². The van der Waals surface area contributed by atoms with Crippen LogP contribution in [0.3, 0.4) is 0 Å². The number of carbonyl (C=O) groups is 1. The highest BCUT2D eigenvalue weighted by Gasteiger charge is 2.25. The number of phenolic OH excluding ortho intramolecular Hbond substituents is 1. The zero-order valence-electron chi connectivity index (χ0n) is 7.86. The molecule has 0 aromatic heterocycles. The van der Waals surface area contributed by atoms with Gasteiger partial charge < -0.3 is 9.84 Å². The Balaban J connectivity index is 2.35. The third-order valence-electron chi connectivity index (χ3n) is 2.35. The SMILES string of the molecule is COC(=O)N1CCc2cc(O)ccc21. The molecule has 0 saturated carbocycles. The summed E-state index contributed by atoms with van der Waals surface area (Å²) in [5.74, 6) is 0.232. The van der Waals surface area contributed by atoms with Crippen LogP contribution < -0.4 is 4.90 Å². The van der Waals surface area contributed by atoms with Gasteiger partial charge in [-0.3, -0.25) is 4.90 Å².